The van der Waals surface area contributed by atoms with Crippen LogP contribution in [0.15, 0.2) is 0 Å². The van der Waals surface area contributed by atoms with Crippen LogP contribution in [-0.4, -0.2) is 48.7 Å². The van der Waals surface area contributed by atoms with Crippen molar-refractivity contribution in [3.63, 3.8) is 0 Å². The van der Waals surface area contributed by atoms with Gasteiger partial charge >= 0.3 is 76.4 Å². The molecule has 0 aliphatic heterocycles. The van der Waals surface area contributed by atoms with E-state index in [0.717, 1.165) is 20.8 Å². The molecule has 3 N–H and O–H groups in total. The van der Waals surface area contributed by atoms with Gasteiger partial charge < -0.3 is 0 Å². The van der Waals surface area contributed by atoms with Crippen molar-refractivity contribution in [2.24, 2.45) is 0 Å². The van der Waals surface area contributed by atoms with Crippen LogP contribution in [0.25, 0.3) is 0 Å². The van der Waals surface area contributed by atoms with E-state index in [0.29, 0.717) is 0 Å². The Morgan fingerprint density at radius 1 is 0.833 bits per heavy atom. The van der Waals surface area contributed by atoms with Gasteiger partial charge in [-0.3, -0.25) is 0 Å². The first-order valence-corrected chi connectivity index (χ1v) is 9.73. The average molecular weight is 239 g/mol. The Kier molecular flexibility index (Phi) is 7.15. The summed E-state index contributed by atoms with van der Waals surface area (Å²) in [5.74, 6) is 0. The van der Waals surface area contributed by atoms with Gasteiger partial charge in [0.15, 0.2) is 0 Å². The molecule has 0 bridgehead atoms. The van der Waals surface area contributed by atoms with Crippen LogP contribution >= 0.6 is 0 Å². The molecule has 75 valence electrons. The molecule has 0 aromatic rings. The molecule has 0 aliphatic carbocycles. The predicted octanol–water partition coefficient (Wildman–Crippen LogP) is 0.432. The van der Waals surface area contributed by atoms with E-state index in [2.05, 4.69) is 6.92 Å². The molecule has 0 unspecified atom stereocenters. The molecule has 1 radical (unpaired) electrons. The van der Waals surface area contributed by atoms with Gasteiger partial charge in [-0.25, -0.2) is 0 Å². The second-order valence-electron chi connectivity index (χ2n) is 3.00. The topological polar surface area (TPSA) is 60.7 Å². The van der Waals surface area contributed by atoms with Crippen molar-refractivity contribution in [2.75, 3.05) is 19.8 Å². The Balaban J connectivity index is 4.06. The molecular formula is C8H20AsO3. The minimum absolute atomic E-state index is 0.209. The maximum atomic E-state index is 8.87. The first-order chi connectivity index (χ1) is 5.74. The zero-order valence-electron chi connectivity index (χ0n) is 7.74. The molecule has 0 spiro atoms. The summed E-state index contributed by atoms with van der Waals surface area (Å²) in [6.07, 6.45) is 0. The number of hydrogen-bond donors (Lipinski definition) is 3. The van der Waals surface area contributed by atoms with Gasteiger partial charge in [0.2, 0.25) is 0 Å². The van der Waals surface area contributed by atoms with Crippen molar-refractivity contribution in [1.82, 2.24) is 0 Å². The maximum absolute atomic E-state index is 8.87. The molecule has 3 nitrogen and oxygen atoms in total. The Hall–Kier alpha value is 0.438. The van der Waals surface area contributed by atoms with Crippen LogP contribution in [0.4, 0.5) is 0 Å². The SMILES string of the molecule is CC[As](CCO)(CCO)CCO. The van der Waals surface area contributed by atoms with Crippen LogP contribution < -0.4 is 0 Å². The number of hydrogen-bond acceptors (Lipinski definition) is 3. The Bertz CT molecular complexity index is 91.5. The zero-order chi connectivity index (χ0) is 9.45. The van der Waals surface area contributed by atoms with Gasteiger partial charge in [0.05, 0.1) is 0 Å². The molecule has 0 atom stereocenters. The quantitative estimate of drug-likeness (QED) is 0.565. The van der Waals surface area contributed by atoms with Crippen LogP contribution in [0.5, 0.6) is 0 Å². The van der Waals surface area contributed by atoms with Crippen molar-refractivity contribution in [3.8, 4) is 0 Å². The summed E-state index contributed by atoms with van der Waals surface area (Å²) in [6, 6.07) is 0. The number of aliphatic hydroxyl groups is 3. The van der Waals surface area contributed by atoms with Crippen molar-refractivity contribution in [2.45, 2.75) is 27.8 Å². The van der Waals surface area contributed by atoms with Crippen molar-refractivity contribution in [1.29, 1.82) is 0 Å². The molecular weight excluding hydrogens is 219 g/mol. The fraction of sp³-hybridized carbons (Fsp3) is 1.00. The summed E-state index contributed by atoms with van der Waals surface area (Å²) >= 11 is -1.87. The normalized spacial score (nSPS) is 12.0. The molecule has 0 rings (SSSR count). The molecule has 4 heteroatoms. The molecule has 0 aromatic carbocycles. The summed E-state index contributed by atoms with van der Waals surface area (Å²) < 4.78 is 0. The third-order valence-corrected chi connectivity index (χ3v) is 12.4. The summed E-state index contributed by atoms with van der Waals surface area (Å²) in [5.41, 5.74) is 0. The second kappa shape index (κ2) is 6.90. The Labute approximate surface area is 76.9 Å². The van der Waals surface area contributed by atoms with Gasteiger partial charge in [-0.2, -0.15) is 0 Å². The van der Waals surface area contributed by atoms with E-state index in [4.69, 9.17) is 15.3 Å². The van der Waals surface area contributed by atoms with E-state index >= 15 is 0 Å². The van der Waals surface area contributed by atoms with Crippen LogP contribution in [0.1, 0.15) is 6.92 Å². The summed E-state index contributed by atoms with van der Waals surface area (Å²) in [4.78, 5) is 0. The van der Waals surface area contributed by atoms with Gasteiger partial charge in [0, 0.05) is 0 Å². The fourth-order valence-corrected chi connectivity index (χ4v) is 7.51. The standard InChI is InChI=1S/C8H20AsO3/c1-2-9(3-6-10,4-7-11)5-8-12/h10-12H,2-8H2,1H3. The molecule has 0 amide bonds. The van der Waals surface area contributed by atoms with Gasteiger partial charge in [0.25, 0.3) is 0 Å². The molecule has 0 aliphatic rings. The van der Waals surface area contributed by atoms with E-state index in [-0.39, 0.29) is 19.8 Å². The van der Waals surface area contributed by atoms with E-state index in [9.17, 15) is 0 Å². The third kappa shape index (κ3) is 3.90. The summed E-state index contributed by atoms with van der Waals surface area (Å²) in [6.45, 7) is 2.73. The van der Waals surface area contributed by atoms with Crippen LogP contribution in [0.3, 0.4) is 0 Å². The van der Waals surface area contributed by atoms with Crippen LogP contribution in [-0.2, 0) is 0 Å². The van der Waals surface area contributed by atoms with E-state index in [1.807, 2.05) is 0 Å². The molecule has 0 aromatic heterocycles. The van der Waals surface area contributed by atoms with Crippen LogP contribution in [0, 0.1) is 0 Å². The first-order valence-electron chi connectivity index (χ1n) is 4.42. The minimum atomic E-state index is -1.87. The van der Waals surface area contributed by atoms with Crippen LogP contribution in [0.2, 0.25) is 20.8 Å². The van der Waals surface area contributed by atoms with E-state index in [1.165, 1.54) is 0 Å². The first kappa shape index (κ1) is 12.4. The van der Waals surface area contributed by atoms with E-state index in [1.54, 1.807) is 0 Å². The second-order valence-corrected chi connectivity index (χ2v) is 12.8. The average Bonchev–Trinajstić information content (AvgIpc) is 2.06. The predicted molar refractivity (Wildman–Crippen MR) is 51.9 cm³/mol. The monoisotopic (exact) mass is 239 g/mol. The molecule has 0 saturated carbocycles. The van der Waals surface area contributed by atoms with E-state index < -0.39 is 13.6 Å². The number of rotatable bonds is 7. The fourth-order valence-electron chi connectivity index (χ4n) is 1.45. The van der Waals surface area contributed by atoms with Crippen molar-refractivity contribution in [3.05, 3.63) is 0 Å². The molecule has 0 heterocycles. The van der Waals surface area contributed by atoms with Gasteiger partial charge in [-0.05, 0) is 0 Å². The third-order valence-electron chi connectivity index (χ3n) is 2.39. The number of aliphatic hydroxyl groups excluding tert-OH is 3. The van der Waals surface area contributed by atoms with Gasteiger partial charge in [0.1, 0.15) is 0 Å². The summed E-state index contributed by atoms with van der Waals surface area (Å²) in [5, 5.41) is 30.2. The van der Waals surface area contributed by atoms with Crippen molar-refractivity contribution < 1.29 is 15.3 Å². The van der Waals surface area contributed by atoms with Gasteiger partial charge in [-0.15, -0.1) is 0 Å². The zero-order valence-corrected chi connectivity index (χ0v) is 9.62. The molecule has 0 saturated heterocycles. The molecule has 12 heavy (non-hydrogen) atoms. The Morgan fingerprint density at radius 3 is 1.33 bits per heavy atom. The summed E-state index contributed by atoms with van der Waals surface area (Å²) in [7, 11) is 0. The van der Waals surface area contributed by atoms with Crippen molar-refractivity contribution >= 4 is 13.6 Å². The Morgan fingerprint density at radius 2 is 1.17 bits per heavy atom. The molecule has 0 fully saturated rings. The van der Waals surface area contributed by atoms with Gasteiger partial charge in [-0.1, -0.05) is 0 Å².